The number of ether oxygens (including phenoxy) is 1. The number of carbonyl (C=O) groups is 1. The number of methoxy groups -OCH3 is 1. The molecule has 0 unspecified atom stereocenters. The Morgan fingerprint density at radius 3 is 2.62 bits per heavy atom. The van der Waals surface area contributed by atoms with E-state index in [1.165, 1.54) is 19.2 Å². The van der Waals surface area contributed by atoms with Gasteiger partial charge in [0.1, 0.15) is 23.9 Å². The number of nitrogens with zero attached hydrogens (tertiary/aromatic N) is 2. The summed E-state index contributed by atoms with van der Waals surface area (Å²) in [6, 6.07) is 12.9. The molecule has 4 rings (SSSR count). The number of piperidine rings is 1. The summed E-state index contributed by atoms with van der Waals surface area (Å²) < 4.78 is 11.1. The molecule has 1 fully saturated rings. The summed E-state index contributed by atoms with van der Waals surface area (Å²) in [5.74, 6) is 1.60. The average Bonchev–Trinajstić information content (AvgIpc) is 3.33. The predicted molar refractivity (Wildman–Crippen MR) is 128 cm³/mol. The van der Waals surface area contributed by atoms with Crippen molar-refractivity contribution in [2.75, 3.05) is 30.4 Å². The Morgan fingerprint density at radius 2 is 1.97 bits per heavy atom. The van der Waals surface area contributed by atoms with Gasteiger partial charge in [0.2, 0.25) is 0 Å². The molecule has 1 saturated heterocycles. The van der Waals surface area contributed by atoms with Gasteiger partial charge in [0.25, 0.3) is 11.6 Å². The number of rotatable bonds is 7. The maximum atomic E-state index is 13.3. The molecule has 0 aliphatic carbocycles. The van der Waals surface area contributed by atoms with Crippen LogP contribution in [0.1, 0.15) is 35.9 Å². The Balaban J connectivity index is 1.62. The second-order valence-electron chi connectivity index (χ2n) is 8.42. The zero-order valence-electron chi connectivity index (χ0n) is 19.1. The Morgan fingerprint density at radius 1 is 1.21 bits per heavy atom. The molecule has 2 N–H and O–H groups in total. The minimum absolute atomic E-state index is 0.135. The third-order valence-electron chi connectivity index (χ3n) is 6.10. The number of aliphatic hydroxyl groups excluding tert-OH is 1. The van der Waals surface area contributed by atoms with Crippen LogP contribution in [0.3, 0.4) is 0 Å². The molecule has 9 heteroatoms. The number of hydrogen-bond acceptors (Lipinski definition) is 7. The largest absolute Gasteiger partial charge is 0.496 e. The Labute approximate surface area is 197 Å². The second-order valence-corrected chi connectivity index (χ2v) is 8.42. The minimum atomic E-state index is -0.499. The summed E-state index contributed by atoms with van der Waals surface area (Å²) in [4.78, 5) is 26.2. The van der Waals surface area contributed by atoms with E-state index >= 15 is 0 Å². The van der Waals surface area contributed by atoms with Crippen molar-refractivity contribution in [2.45, 2.75) is 26.4 Å². The lowest BCUT2D eigenvalue weighted by Gasteiger charge is -2.33. The maximum absolute atomic E-state index is 13.3. The van der Waals surface area contributed by atoms with Crippen LogP contribution in [0.15, 0.2) is 52.9 Å². The molecule has 0 radical (unpaired) electrons. The van der Waals surface area contributed by atoms with Crippen molar-refractivity contribution in [1.29, 1.82) is 0 Å². The number of aliphatic hydroxyl groups is 1. The van der Waals surface area contributed by atoms with Crippen molar-refractivity contribution in [2.24, 2.45) is 5.92 Å². The Bertz CT molecular complexity index is 1200. The van der Waals surface area contributed by atoms with Gasteiger partial charge in [-0.3, -0.25) is 14.9 Å². The molecule has 2 aromatic carbocycles. The normalized spacial score (nSPS) is 14.1. The van der Waals surface area contributed by atoms with Crippen molar-refractivity contribution >= 4 is 23.0 Å². The van der Waals surface area contributed by atoms with Gasteiger partial charge in [0.15, 0.2) is 0 Å². The fourth-order valence-electron chi connectivity index (χ4n) is 4.12. The molecule has 178 valence electrons. The first-order chi connectivity index (χ1) is 16.4. The lowest BCUT2D eigenvalue weighted by molar-refractivity contribution is -0.384. The molecule has 9 nitrogen and oxygen atoms in total. The van der Waals surface area contributed by atoms with Crippen LogP contribution in [0, 0.1) is 16.0 Å². The number of non-ortho nitro benzene ring substituents is 1. The number of carbonyl (C=O) groups excluding carboxylic acids is 1. The molecule has 0 spiro atoms. The van der Waals surface area contributed by atoms with E-state index in [4.69, 9.17) is 9.15 Å². The van der Waals surface area contributed by atoms with Gasteiger partial charge in [-0.05, 0) is 49.1 Å². The molecule has 1 amide bonds. The van der Waals surface area contributed by atoms with E-state index in [9.17, 15) is 20.0 Å². The van der Waals surface area contributed by atoms with Crippen LogP contribution in [0.2, 0.25) is 0 Å². The monoisotopic (exact) mass is 465 g/mol. The molecule has 2 heterocycles. The number of amides is 1. The summed E-state index contributed by atoms with van der Waals surface area (Å²) in [5.41, 5.74) is 1.95. The Hall–Kier alpha value is -3.85. The number of furan rings is 1. The second kappa shape index (κ2) is 9.96. The van der Waals surface area contributed by atoms with E-state index in [1.807, 2.05) is 0 Å². The van der Waals surface area contributed by atoms with Crippen LogP contribution in [-0.2, 0) is 6.61 Å². The number of nitrogens with one attached hydrogen (secondary N) is 1. The summed E-state index contributed by atoms with van der Waals surface area (Å²) in [7, 11) is 1.51. The molecule has 1 aliphatic heterocycles. The molecule has 1 aliphatic rings. The van der Waals surface area contributed by atoms with Crippen LogP contribution in [0.25, 0.3) is 11.3 Å². The highest BCUT2D eigenvalue weighted by Crippen LogP contribution is 2.35. The predicted octanol–water partition coefficient (Wildman–Crippen LogP) is 4.84. The fraction of sp³-hybridized carbons (Fsp3) is 0.320. The van der Waals surface area contributed by atoms with Gasteiger partial charge in [-0.25, -0.2) is 0 Å². The molecular weight excluding hydrogens is 438 g/mol. The third-order valence-corrected chi connectivity index (χ3v) is 6.10. The molecule has 0 bridgehead atoms. The zero-order chi connectivity index (χ0) is 24.2. The molecular formula is C25H27N3O6. The van der Waals surface area contributed by atoms with Gasteiger partial charge in [0, 0.05) is 37.0 Å². The van der Waals surface area contributed by atoms with Gasteiger partial charge in [0.05, 0.1) is 28.8 Å². The first-order valence-corrected chi connectivity index (χ1v) is 11.1. The van der Waals surface area contributed by atoms with Gasteiger partial charge >= 0.3 is 0 Å². The third kappa shape index (κ3) is 4.89. The first-order valence-electron chi connectivity index (χ1n) is 11.1. The van der Waals surface area contributed by atoms with Crippen molar-refractivity contribution in [1.82, 2.24) is 0 Å². The van der Waals surface area contributed by atoms with Crippen molar-refractivity contribution < 1.29 is 24.0 Å². The molecule has 1 aromatic heterocycles. The van der Waals surface area contributed by atoms with E-state index in [0.717, 1.165) is 25.9 Å². The lowest BCUT2D eigenvalue weighted by Crippen LogP contribution is -2.34. The van der Waals surface area contributed by atoms with E-state index in [2.05, 4.69) is 17.1 Å². The number of hydrogen-bond donors (Lipinski definition) is 2. The fourth-order valence-corrected chi connectivity index (χ4v) is 4.12. The molecule has 0 atom stereocenters. The number of anilines is 2. The number of benzene rings is 2. The Kier molecular flexibility index (Phi) is 6.83. The van der Waals surface area contributed by atoms with Crippen molar-refractivity contribution in [3.63, 3.8) is 0 Å². The maximum Gasteiger partial charge on any atom is 0.270 e. The van der Waals surface area contributed by atoms with Gasteiger partial charge in [-0.2, -0.15) is 0 Å². The SMILES string of the molecule is COc1cc(NC(=O)c2cc([N+](=O)[O-])ccc2N2CCC(C)CC2)ccc1-c1ccc(CO)o1. The highest BCUT2D eigenvalue weighted by Gasteiger charge is 2.24. The van der Waals surface area contributed by atoms with Crippen LogP contribution in [0.4, 0.5) is 17.1 Å². The van der Waals surface area contributed by atoms with Gasteiger partial charge in [-0.15, -0.1) is 0 Å². The molecule has 3 aromatic rings. The first kappa shape index (κ1) is 23.3. The van der Waals surface area contributed by atoms with E-state index in [-0.39, 0.29) is 17.9 Å². The smallest absolute Gasteiger partial charge is 0.270 e. The minimum Gasteiger partial charge on any atom is -0.496 e. The molecule has 0 saturated carbocycles. The van der Waals surface area contributed by atoms with Crippen LogP contribution in [-0.4, -0.2) is 36.1 Å². The van der Waals surface area contributed by atoms with Crippen LogP contribution < -0.4 is 15.0 Å². The van der Waals surface area contributed by atoms with Crippen LogP contribution >= 0.6 is 0 Å². The van der Waals surface area contributed by atoms with Crippen molar-refractivity contribution in [3.05, 3.63) is 70.0 Å². The van der Waals surface area contributed by atoms with Crippen molar-refractivity contribution in [3.8, 4) is 17.1 Å². The molecule has 34 heavy (non-hydrogen) atoms. The quantitative estimate of drug-likeness (QED) is 0.378. The van der Waals surface area contributed by atoms with Gasteiger partial charge < -0.3 is 24.5 Å². The summed E-state index contributed by atoms with van der Waals surface area (Å²) in [5, 5.41) is 23.4. The highest BCUT2D eigenvalue weighted by atomic mass is 16.6. The van der Waals surface area contributed by atoms with Gasteiger partial charge in [-0.1, -0.05) is 6.92 Å². The topological polar surface area (TPSA) is 118 Å². The van der Waals surface area contributed by atoms with E-state index in [1.54, 1.807) is 36.4 Å². The lowest BCUT2D eigenvalue weighted by atomic mass is 9.97. The van der Waals surface area contributed by atoms with E-state index in [0.29, 0.717) is 40.1 Å². The number of nitro groups is 1. The van der Waals surface area contributed by atoms with E-state index < -0.39 is 10.8 Å². The summed E-state index contributed by atoms with van der Waals surface area (Å²) in [6.07, 6.45) is 2.00. The zero-order valence-corrected chi connectivity index (χ0v) is 19.1. The average molecular weight is 466 g/mol. The number of nitro benzene ring substituents is 1. The standard InChI is InChI=1S/C25H27N3O6/c1-16-9-11-27(12-10-16)22-7-4-18(28(31)32)14-21(22)25(30)26-17-3-6-20(24(13-17)33-2)23-8-5-19(15-29)34-23/h3-8,13-14,16,29H,9-12,15H2,1-2H3,(H,26,30). The summed E-state index contributed by atoms with van der Waals surface area (Å²) in [6.45, 7) is 3.57. The highest BCUT2D eigenvalue weighted by molar-refractivity contribution is 6.08. The van der Waals surface area contributed by atoms with Crippen LogP contribution in [0.5, 0.6) is 5.75 Å². The summed E-state index contributed by atoms with van der Waals surface area (Å²) >= 11 is 0.